The van der Waals surface area contributed by atoms with Gasteiger partial charge in [-0.1, -0.05) is 23.4 Å². The molecule has 0 atom stereocenters. The molecule has 0 saturated heterocycles. The third-order valence-electron chi connectivity index (χ3n) is 3.32. The quantitative estimate of drug-likeness (QED) is 0.771. The lowest BCUT2D eigenvalue weighted by molar-refractivity contribution is 0.153. The molecular formula is C17H14F2N4O2. The molecule has 0 spiro atoms. The minimum Gasteiger partial charge on any atom is -0.443 e. The van der Waals surface area contributed by atoms with Crippen LogP contribution in [0.5, 0.6) is 0 Å². The molecule has 3 rings (SSSR count). The van der Waals surface area contributed by atoms with E-state index in [1.807, 2.05) is 0 Å². The maximum Gasteiger partial charge on any atom is 0.412 e. The summed E-state index contributed by atoms with van der Waals surface area (Å²) in [6.07, 6.45) is 0.868. The van der Waals surface area contributed by atoms with Gasteiger partial charge < -0.3 is 4.74 Å². The van der Waals surface area contributed by atoms with E-state index in [1.54, 1.807) is 24.4 Å². The van der Waals surface area contributed by atoms with Gasteiger partial charge in [-0.05, 0) is 30.3 Å². The molecule has 0 saturated carbocycles. The monoisotopic (exact) mass is 344 g/mol. The Kier molecular flexibility index (Phi) is 4.98. The van der Waals surface area contributed by atoms with Gasteiger partial charge >= 0.3 is 6.09 Å². The van der Waals surface area contributed by atoms with Gasteiger partial charge in [-0.15, -0.1) is 5.10 Å². The van der Waals surface area contributed by atoms with Crippen LogP contribution in [0, 0.1) is 11.6 Å². The van der Waals surface area contributed by atoms with Crippen molar-refractivity contribution in [2.24, 2.45) is 0 Å². The lowest BCUT2D eigenvalue weighted by Gasteiger charge is -2.05. The molecule has 1 heterocycles. The van der Waals surface area contributed by atoms with Crippen molar-refractivity contribution >= 4 is 11.8 Å². The van der Waals surface area contributed by atoms with Crippen LogP contribution in [0.2, 0.25) is 0 Å². The summed E-state index contributed by atoms with van der Waals surface area (Å²) < 4.78 is 32.9. The van der Waals surface area contributed by atoms with Crippen molar-refractivity contribution in [1.82, 2.24) is 15.0 Å². The number of aromatic nitrogens is 3. The van der Waals surface area contributed by atoms with Crippen LogP contribution in [-0.4, -0.2) is 21.1 Å². The second kappa shape index (κ2) is 7.52. The van der Waals surface area contributed by atoms with E-state index in [0.29, 0.717) is 16.9 Å². The summed E-state index contributed by atoms with van der Waals surface area (Å²) in [6.45, 7) is 0.131. The summed E-state index contributed by atoms with van der Waals surface area (Å²) in [5, 5.41) is 10.2. The first-order valence-corrected chi connectivity index (χ1v) is 7.42. The van der Waals surface area contributed by atoms with Crippen LogP contribution in [-0.2, 0) is 17.9 Å². The number of ether oxygens (including phenoxy) is 1. The number of carbonyl (C=O) groups is 1. The Balaban J connectivity index is 1.52. The molecule has 0 aliphatic rings. The zero-order chi connectivity index (χ0) is 17.6. The summed E-state index contributed by atoms with van der Waals surface area (Å²) in [5.41, 5.74) is 1.31. The number of hydrogen-bond acceptors (Lipinski definition) is 4. The maximum absolute atomic E-state index is 13.6. The van der Waals surface area contributed by atoms with Gasteiger partial charge in [-0.2, -0.15) is 0 Å². The highest BCUT2D eigenvalue weighted by molar-refractivity contribution is 5.84. The van der Waals surface area contributed by atoms with Gasteiger partial charge in [-0.25, -0.2) is 18.3 Å². The fourth-order valence-electron chi connectivity index (χ4n) is 2.11. The predicted octanol–water partition coefficient (Wildman–Crippen LogP) is 3.35. The minimum atomic E-state index is -0.699. The number of nitrogens with one attached hydrogen (secondary N) is 1. The fourth-order valence-corrected chi connectivity index (χ4v) is 2.11. The summed E-state index contributed by atoms with van der Waals surface area (Å²) >= 11 is 0. The summed E-state index contributed by atoms with van der Waals surface area (Å²) in [7, 11) is 0. The molecule has 1 amide bonds. The molecule has 1 N–H and O–H groups in total. The van der Waals surface area contributed by atoms with Crippen molar-refractivity contribution in [2.75, 3.05) is 5.32 Å². The molecule has 8 heteroatoms. The van der Waals surface area contributed by atoms with Crippen LogP contribution in [0.25, 0.3) is 0 Å². The molecule has 3 aromatic rings. The molecule has 1 aromatic heterocycles. The van der Waals surface area contributed by atoms with Crippen molar-refractivity contribution in [2.45, 2.75) is 13.2 Å². The van der Waals surface area contributed by atoms with E-state index in [2.05, 4.69) is 15.6 Å². The van der Waals surface area contributed by atoms with E-state index < -0.39 is 11.9 Å². The molecule has 0 aliphatic carbocycles. The lowest BCUT2D eigenvalue weighted by Crippen LogP contribution is -2.13. The smallest absolute Gasteiger partial charge is 0.412 e. The van der Waals surface area contributed by atoms with Crippen molar-refractivity contribution in [3.63, 3.8) is 0 Å². The highest BCUT2D eigenvalue weighted by Gasteiger charge is 2.08. The van der Waals surface area contributed by atoms with Crippen LogP contribution in [0.1, 0.15) is 11.3 Å². The number of hydrogen-bond donors (Lipinski definition) is 1. The Morgan fingerprint density at radius 2 is 1.88 bits per heavy atom. The van der Waals surface area contributed by atoms with E-state index >= 15 is 0 Å². The summed E-state index contributed by atoms with van der Waals surface area (Å²) in [5.74, 6) is -0.722. The third kappa shape index (κ3) is 4.60. The highest BCUT2D eigenvalue weighted by atomic mass is 19.1. The second-order valence-electron chi connectivity index (χ2n) is 5.21. The number of anilines is 1. The van der Waals surface area contributed by atoms with Gasteiger partial charge in [0.25, 0.3) is 0 Å². The van der Waals surface area contributed by atoms with Crippen molar-refractivity contribution in [1.29, 1.82) is 0 Å². The van der Waals surface area contributed by atoms with Gasteiger partial charge in [0.1, 0.15) is 23.9 Å². The van der Waals surface area contributed by atoms with E-state index in [0.717, 1.165) is 0 Å². The topological polar surface area (TPSA) is 69.0 Å². The zero-order valence-corrected chi connectivity index (χ0v) is 13.0. The van der Waals surface area contributed by atoms with E-state index in [4.69, 9.17) is 4.74 Å². The summed E-state index contributed by atoms with van der Waals surface area (Å²) in [6, 6.07) is 11.7. The first kappa shape index (κ1) is 16.6. The van der Waals surface area contributed by atoms with Gasteiger partial charge in [0.2, 0.25) is 0 Å². The standard InChI is InChI=1S/C17H14F2N4O2/c18-13-5-7-14(8-6-13)20-17(24)25-11-15-10-23(22-21-15)9-12-3-1-2-4-16(12)19/h1-8,10H,9,11H2,(H,20,24). The second-order valence-corrected chi connectivity index (χ2v) is 5.21. The van der Waals surface area contributed by atoms with E-state index in [9.17, 15) is 13.6 Å². The molecule has 0 unspecified atom stereocenters. The predicted molar refractivity (Wildman–Crippen MR) is 85.7 cm³/mol. The van der Waals surface area contributed by atoms with Crippen LogP contribution in [0.4, 0.5) is 19.3 Å². The third-order valence-corrected chi connectivity index (χ3v) is 3.32. The fraction of sp³-hybridized carbons (Fsp3) is 0.118. The average Bonchev–Trinajstić information content (AvgIpc) is 3.05. The number of nitrogens with zero attached hydrogens (tertiary/aromatic N) is 3. The Morgan fingerprint density at radius 1 is 1.12 bits per heavy atom. The Bertz CT molecular complexity index is 865. The normalized spacial score (nSPS) is 10.5. The van der Waals surface area contributed by atoms with Gasteiger partial charge in [0, 0.05) is 11.3 Å². The van der Waals surface area contributed by atoms with Gasteiger partial charge in [0.15, 0.2) is 0 Å². The minimum absolute atomic E-state index is 0.0930. The van der Waals surface area contributed by atoms with Gasteiger partial charge in [-0.3, -0.25) is 5.32 Å². The largest absolute Gasteiger partial charge is 0.443 e. The van der Waals surface area contributed by atoms with Gasteiger partial charge in [0.05, 0.1) is 12.7 Å². The molecule has 0 fully saturated rings. The number of benzene rings is 2. The first-order chi connectivity index (χ1) is 12.1. The Labute approximate surface area is 142 Å². The maximum atomic E-state index is 13.6. The number of amides is 1. The first-order valence-electron chi connectivity index (χ1n) is 7.42. The molecule has 6 nitrogen and oxygen atoms in total. The van der Waals surface area contributed by atoms with Crippen molar-refractivity contribution in [3.8, 4) is 0 Å². The molecule has 0 radical (unpaired) electrons. The van der Waals surface area contributed by atoms with E-state index in [1.165, 1.54) is 35.0 Å². The number of carbonyl (C=O) groups excluding carboxylic acids is 1. The van der Waals surface area contributed by atoms with Crippen LogP contribution >= 0.6 is 0 Å². The molecule has 25 heavy (non-hydrogen) atoms. The molecule has 2 aromatic carbocycles. The lowest BCUT2D eigenvalue weighted by atomic mass is 10.2. The molecule has 0 aliphatic heterocycles. The number of halogens is 2. The summed E-state index contributed by atoms with van der Waals surface area (Å²) in [4.78, 5) is 11.7. The average molecular weight is 344 g/mol. The Morgan fingerprint density at radius 3 is 2.64 bits per heavy atom. The van der Waals surface area contributed by atoms with Crippen LogP contribution in [0.15, 0.2) is 54.7 Å². The Hall–Kier alpha value is -3.29. The highest BCUT2D eigenvalue weighted by Crippen LogP contribution is 2.10. The SMILES string of the molecule is O=C(Nc1ccc(F)cc1)OCc1cn(Cc2ccccc2F)nn1. The van der Waals surface area contributed by atoms with Crippen LogP contribution in [0.3, 0.4) is 0 Å². The molecular weight excluding hydrogens is 330 g/mol. The van der Waals surface area contributed by atoms with Crippen LogP contribution < -0.4 is 5.32 Å². The number of rotatable bonds is 5. The van der Waals surface area contributed by atoms with Crippen molar-refractivity contribution in [3.05, 3.63) is 77.6 Å². The zero-order valence-electron chi connectivity index (χ0n) is 13.0. The molecule has 128 valence electrons. The molecule has 0 bridgehead atoms. The van der Waals surface area contributed by atoms with Crippen molar-refractivity contribution < 1.29 is 18.3 Å². The van der Waals surface area contributed by atoms with E-state index in [-0.39, 0.29) is 19.0 Å².